The minimum Gasteiger partial charge on any atom is -0.328 e. The van der Waals surface area contributed by atoms with E-state index in [9.17, 15) is 4.39 Å². The van der Waals surface area contributed by atoms with Crippen molar-refractivity contribution >= 4 is 11.5 Å². The second kappa shape index (κ2) is 4.62. The zero-order chi connectivity index (χ0) is 12.3. The van der Waals surface area contributed by atoms with E-state index in [0.29, 0.717) is 11.4 Å². The first-order chi connectivity index (χ1) is 8.22. The van der Waals surface area contributed by atoms with Crippen molar-refractivity contribution in [3.63, 3.8) is 0 Å². The molecular formula is C13H10FN3. The van der Waals surface area contributed by atoms with Crippen LogP contribution in [0.4, 0.5) is 15.9 Å². The average Bonchev–Trinajstić information content (AvgIpc) is 2.39. The highest BCUT2D eigenvalue weighted by atomic mass is 19.1. The maximum absolute atomic E-state index is 12.8. The first kappa shape index (κ1) is 11.1. The lowest BCUT2D eigenvalue weighted by molar-refractivity contribution is 0.628. The number of pyridine rings is 1. The molecule has 0 amide bonds. The lowest BCUT2D eigenvalue weighted by atomic mass is 10.2. The van der Waals surface area contributed by atoms with Crippen molar-refractivity contribution in [3.8, 4) is 6.07 Å². The van der Waals surface area contributed by atoms with Gasteiger partial charge in [0, 0.05) is 18.9 Å². The summed E-state index contributed by atoms with van der Waals surface area (Å²) >= 11 is 0. The van der Waals surface area contributed by atoms with Gasteiger partial charge in [-0.2, -0.15) is 5.26 Å². The highest BCUT2D eigenvalue weighted by Gasteiger charge is 2.09. The van der Waals surface area contributed by atoms with Crippen molar-refractivity contribution in [1.82, 2.24) is 4.98 Å². The molecule has 0 spiro atoms. The van der Waals surface area contributed by atoms with Gasteiger partial charge in [-0.1, -0.05) is 0 Å². The summed E-state index contributed by atoms with van der Waals surface area (Å²) in [5, 5.41) is 8.98. The van der Waals surface area contributed by atoms with Crippen molar-refractivity contribution in [2.45, 2.75) is 0 Å². The predicted molar refractivity (Wildman–Crippen MR) is 63.4 cm³/mol. The van der Waals surface area contributed by atoms with E-state index in [1.807, 2.05) is 0 Å². The molecule has 2 rings (SSSR count). The minimum atomic E-state index is -0.288. The molecule has 17 heavy (non-hydrogen) atoms. The average molecular weight is 227 g/mol. The molecule has 84 valence electrons. The number of nitriles is 1. The summed E-state index contributed by atoms with van der Waals surface area (Å²) in [6.07, 6.45) is 1.62. The molecule has 0 radical (unpaired) electrons. The molecule has 1 aromatic carbocycles. The van der Waals surface area contributed by atoms with Crippen LogP contribution in [0.5, 0.6) is 0 Å². The molecule has 0 bridgehead atoms. The Bertz CT molecular complexity index is 558. The molecule has 1 heterocycles. The fourth-order valence-corrected chi connectivity index (χ4v) is 1.54. The van der Waals surface area contributed by atoms with Crippen molar-refractivity contribution < 1.29 is 4.39 Å². The summed E-state index contributed by atoms with van der Waals surface area (Å²) in [6, 6.07) is 11.5. The molecule has 1 aromatic heterocycles. The van der Waals surface area contributed by atoms with Gasteiger partial charge in [0.25, 0.3) is 0 Å². The standard InChI is InChI=1S/C13H10FN3/c1-17(12-6-4-11(14)5-7-12)13-10(9-15)3-2-8-16-13/h2-8H,1H3. The van der Waals surface area contributed by atoms with Gasteiger partial charge >= 0.3 is 0 Å². The lowest BCUT2D eigenvalue weighted by Gasteiger charge is -2.18. The monoisotopic (exact) mass is 227 g/mol. The number of hydrogen-bond donors (Lipinski definition) is 0. The Kier molecular flexibility index (Phi) is 3.01. The maximum atomic E-state index is 12.8. The number of halogens is 1. The summed E-state index contributed by atoms with van der Waals surface area (Å²) < 4.78 is 12.8. The summed E-state index contributed by atoms with van der Waals surface area (Å²) in [5.41, 5.74) is 1.26. The molecule has 0 aliphatic rings. The van der Waals surface area contributed by atoms with E-state index >= 15 is 0 Å². The lowest BCUT2D eigenvalue weighted by Crippen LogP contribution is -2.12. The number of nitrogens with zero attached hydrogens (tertiary/aromatic N) is 3. The largest absolute Gasteiger partial charge is 0.328 e. The molecule has 3 nitrogen and oxygen atoms in total. The number of hydrogen-bond acceptors (Lipinski definition) is 3. The van der Waals surface area contributed by atoms with Gasteiger partial charge in [0.05, 0.1) is 5.56 Å². The highest BCUT2D eigenvalue weighted by molar-refractivity contribution is 5.64. The Morgan fingerprint density at radius 3 is 2.59 bits per heavy atom. The Labute approximate surface area is 98.8 Å². The molecule has 0 saturated heterocycles. The number of rotatable bonds is 2. The summed E-state index contributed by atoms with van der Waals surface area (Å²) in [5.74, 6) is 0.269. The van der Waals surface area contributed by atoms with E-state index in [4.69, 9.17) is 5.26 Å². The smallest absolute Gasteiger partial charge is 0.150 e. The Hall–Kier alpha value is -2.41. The molecule has 0 atom stereocenters. The Balaban J connectivity index is 2.40. The summed E-state index contributed by atoms with van der Waals surface area (Å²) in [4.78, 5) is 5.91. The zero-order valence-electron chi connectivity index (χ0n) is 9.26. The first-order valence-corrected chi connectivity index (χ1v) is 5.07. The van der Waals surface area contributed by atoms with E-state index in [0.717, 1.165) is 5.69 Å². The predicted octanol–water partition coefficient (Wildman–Crippen LogP) is 2.86. The second-order valence-electron chi connectivity index (χ2n) is 3.52. The van der Waals surface area contributed by atoms with Crippen molar-refractivity contribution in [2.24, 2.45) is 0 Å². The fourth-order valence-electron chi connectivity index (χ4n) is 1.54. The molecule has 0 aliphatic carbocycles. The van der Waals surface area contributed by atoms with Gasteiger partial charge in [0.1, 0.15) is 11.9 Å². The van der Waals surface area contributed by atoms with E-state index in [1.165, 1.54) is 12.1 Å². The third-order valence-corrected chi connectivity index (χ3v) is 2.44. The van der Waals surface area contributed by atoms with Crippen LogP contribution in [0, 0.1) is 17.1 Å². The summed E-state index contributed by atoms with van der Waals surface area (Å²) in [7, 11) is 1.79. The zero-order valence-corrected chi connectivity index (χ0v) is 9.26. The Morgan fingerprint density at radius 2 is 1.94 bits per heavy atom. The third-order valence-electron chi connectivity index (χ3n) is 2.44. The van der Waals surface area contributed by atoms with Gasteiger partial charge in [-0.05, 0) is 36.4 Å². The van der Waals surface area contributed by atoms with Gasteiger partial charge in [0.2, 0.25) is 0 Å². The normalized spacial score (nSPS) is 9.71. The van der Waals surface area contributed by atoms with Gasteiger partial charge in [0.15, 0.2) is 5.82 Å². The highest BCUT2D eigenvalue weighted by Crippen LogP contribution is 2.24. The SMILES string of the molecule is CN(c1ccc(F)cc1)c1ncccc1C#N. The van der Waals surface area contributed by atoms with Crippen LogP contribution in [0.15, 0.2) is 42.6 Å². The molecule has 0 N–H and O–H groups in total. The van der Waals surface area contributed by atoms with E-state index in [-0.39, 0.29) is 5.82 Å². The molecule has 4 heteroatoms. The third kappa shape index (κ3) is 2.23. The minimum absolute atomic E-state index is 0.288. The quantitative estimate of drug-likeness (QED) is 0.792. The number of aromatic nitrogens is 1. The molecule has 0 fully saturated rings. The van der Waals surface area contributed by atoms with Gasteiger partial charge < -0.3 is 4.90 Å². The number of benzene rings is 1. The van der Waals surface area contributed by atoms with Crippen LogP contribution in [0.2, 0.25) is 0 Å². The van der Waals surface area contributed by atoms with Crippen molar-refractivity contribution in [3.05, 3.63) is 54.0 Å². The summed E-state index contributed by atoms with van der Waals surface area (Å²) in [6.45, 7) is 0. The fraction of sp³-hybridized carbons (Fsp3) is 0.0769. The van der Waals surface area contributed by atoms with Crippen LogP contribution in [0.1, 0.15) is 5.56 Å². The van der Waals surface area contributed by atoms with Crippen LogP contribution in [-0.2, 0) is 0 Å². The maximum Gasteiger partial charge on any atom is 0.150 e. The molecule has 2 aromatic rings. The van der Waals surface area contributed by atoms with Crippen LogP contribution in [-0.4, -0.2) is 12.0 Å². The molecule has 0 saturated carbocycles. The molecule has 0 aliphatic heterocycles. The van der Waals surface area contributed by atoms with Gasteiger partial charge in [-0.25, -0.2) is 9.37 Å². The second-order valence-corrected chi connectivity index (χ2v) is 3.52. The van der Waals surface area contributed by atoms with Crippen molar-refractivity contribution in [2.75, 3.05) is 11.9 Å². The van der Waals surface area contributed by atoms with E-state index < -0.39 is 0 Å². The topological polar surface area (TPSA) is 39.9 Å². The van der Waals surface area contributed by atoms with Crippen molar-refractivity contribution in [1.29, 1.82) is 5.26 Å². The van der Waals surface area contributed by atoms with Crippen LogP contribution in [0.3, 0.4) is 0 Å². The van der Waals surface area contributed by atoms with Gasteiger partial charge in [-0.3, -0.25) is 0 Å². The van der Waals surface area contributed by atoms with Crippen LogP contribution >= 0.6 is 0 Å². The van der Waals surface area contributed by atoms with E-state index in [2.05, 4.69) is 11.1 Å². The van der Waals surface area contributed by atoms with E-state index in [1.54, 1.807) is 42.4 Å². The first-order valence-electron chi connectivity index (χ1n) is 5.07. The van der Waals surface area contributed by atoms with Gasteiger partial charge in [-0.15, -0.1) is 0 Å². The molecule has 0 unspecified atom stereocenters. The van der Waals surface area contributed by atoms with Crippen LogP contribution in [0.25, 0.3) is 0 Å². The van der Waals surface area contributed by atoms with Crippen LogP contribution < -0.4 is 4.90 Å². The number of anilines is 2. The Morgan fingerprint density at radius 1 is 1.24 bits per heavy atom. The molecular weight excluding hydrogens is 217 g/mol.